The molecule has 2 bridgehead atoms. The number of hydrogen-bond acceptors (Lipinski definition) is 7. The molecule has 4 heterocycles. The minimum atomic E-state index is -1.19. The van der Waals surface area contributed by atoms with E-state index in [-0.39, 0.29) is 31.0 Å². The predicted molar refractivity (Wildman–Crippen MR) is 150 cm³/mol. The van der Waals surface area contributed by atoms with Gasteiger partial charge in [0.05, 0.1) is 35.6 Å². The molecule has 216 valence electrons. The third-order valence-corrected chi connectivity index (χ3v) is 9.46. The molecule has 7 atom stereocenters. The summed E-state index contributed by atoms with van der Waals surface area (Å²) in [4.78, 5) is 43.8. The Morgan fingerprint density at radius 2 is 1.85 bits per heavy atom. The number of hydrogen-bond donors (Lipinski definition) is 3. The molecular formula is C30H36N6O5. The molecule has 2 unspecified atom stereocenters. The first-order valence-corrected chi connectivity index (χ1v) is 14.3. The van der Waals surface area contributed by atoms with Crippen LogP contribution in [0.15, 0.2) is 54.6 Å². The lowest BCUT2D eigenvalue weighted by atomic mass is 9.66. The first-order valence-electron chi connectivity index (χ1n) is 14.3. The topological polar surface area (TPSA) is 139 Å². The van der Waals surface area contributed by atoms with Gasteiger partial charge in [-0.1, -0.05) is 55.8 Å². The zero-order valence-electron chi connectivity index (χ0n) is 23.5. The summed E-state index contributed by atoms with van der Waals surface area (Å²) in [6, 6.07) is 14.9. The summed E-state index contributed by atoms with van der Waals surface area (Å²) in [7, 11) is 0. The number of aromatic nitrogens is 3. The second-order valence-corrected chi connectivity index (χ2v) is 11.7. The number of amides is 3. The molecular weight excluding hydrogens is 524 g/mol. The second kappa shape index (κ2) is 10.2. The van der Waals surface area contributed by atoms with Crippen molar-refractivity contribution in [3.05, 3.63) is 54.6 Å². The van der Waals surface area contributed by atoms with E-state index in [0.29, 0.717) is 30.5 Å². The molecule has 0 aliphatic carbocycles. The van der Waals surface area contributed by atoms with Crippen LogP contribution in [0, 0.1) is 17.8 Å². The van der Waals surface area contributed by atoms with E-state index in [1.54, 1.807) is 16.8 Å². The highest BCUT2D eigenvalue weighted by Crippen LogP contribution is 2.63. The van der Waals surface area contributed by atoms with E-state index in [4.69, 9.17) is 4.74 Å². The summed E-state index contributed by atoms with van der Waals surface area (Å²) in [5.41, 5.74) is -0.00786. The zero-order valence-corrected chi connectivity index (χ0v) is 23.5. The Kier molecular flexibility index (Phi) is 6.82. The molecule has 0 saturated carbocycles. The molecule has 3 amide bonds. The number of likely N-dealkylation sites (tertiary alicyclic amines) is 1. The van der Waals surface area contributed by atoms with Crippen molar-refractivity contribution in [2.24, 2.45) is 17.8 Å². The van der Waals surface area contributed by atoms with Crippen molar-refractivity contribution in [3.63, 3.8) is 0 Å². The summed E-state index contributed by atoms with van der Waals surface area (Å²) in [6.07, 6.45) is 1.68. The number of aliphatic hydroxyl groups excluding tert-OH is 1. The van der Waals surface area contributed by atoms with E-state index in [2.05, 4.69) is 20.9 Å². The molecule has 3 saturated heterocycles. The summed E-state index contributed by atoms with van der Waals surface area (Å²) in [5, 5.41) is 24.7. The molecule has 11 nitrogen and oxygen atoms in total. The Labute approximate surface area is 238 Å². The van der Waals surface area contributed by atoms with Gasteiger partial charge in [0.25, 0.3) is 0 Å². The van der Waals surface area contributed by atoms with Gasteiger partial charge in [0, 0.05) is 5.69 Å². The number of anilines is 1. The van der Waals surface area contributed by atoms with Crippen LogP contribution in [-0.4, -0.2) is 72.6 Å². The summed E-state index contributed by atoms with van der Waals surface area (Å²) < 4.78 is 8.28. The predicted octanol–water partition coefficient (Wildman–Crippen LogP) is 2.32. The van der Waals surface area contributed by atoms with Crippen molar-refractivity contribution in [2.75, 3.05) is 11.9 Å². The largest absolute Gasteiger partial charge is 0.394 e. The quantitative estimate of drug-likeness (QED) is 0.365. The van der Waals surface area contributed by atoms with Crippen LogP contribution < -0.4 is 10.6 Å². The van der Waals surface area contributed by atoms with Crippen molar-refractivity contribution < 1.29 is 24.2 Å². The van der Waals surface area contributed by atoms with Crippen molar-refractivity contribution in [2.45, 2.75) is 70.0 Å². The van der Waals surface area contributed by atoms with Crippen LogP contribution >= 0.6 is 0 Å². The molecule has 11 heteroatoms. The number of rotatable bonds is 9. The molecule has 3 N–H and O–H groups in total. The molecule has 3 aromatic rings. The highest BCUT2D eigenvalue weighted by molar-refractivity contribution is 6.02. The van der Waals surface area contributed by atoms with Gasteiger partial charge in [0.15, 0.2) is 0 Å². The molecule has 0 radical (unpaired) electrons. The van der Waals surface area contributed by atoms with E-state index in [0.717, 1.165) is 5.52 Å². The van der Waals surface area contributed by atoms with E-state index < -0.39 is 41.0 Å². The van der Waals surface area contributed by atoms with Crippen LogP contribution in [0.2, 0.25) is 0 Å². The minimum Gasteiger partial charge on any atom is -0.394 e. The number of carbonyl (C=O) groups is 3. The molecule has 3 fully saturated rings. The number of nitrogens with one attached hydrogen (secondary N) is 2. The van der Waals surface area contributed by atoms with Crippen molar-refractivity contribution in [3.8, 4) is 0 Å². The number of carbonyl (C=O) groups excluding carboxylic acids is 3. The molecule has 3 aliphatic rings. The lowest BCUT2D eigenvalue weighted by Gasteiger charge is -2.39. The van der Waals surface area contributed by atoms with Crippen LogP contribution in [0.4, 0.5) is 5.69 Å². The molecule has 1 aromatic heterocycles. The normalized spacial score (nSPS) is 29.9. The van der Waals surface area contributed by atoms with Gasteiger partial charge in [0.2, 0.25) is 17.7 Å². The molecule has 3 aliphatic heterocycles. The van der Waals surface area contributed by atoms with Gasteiger partial charge in [-0.05, 0) is 49.9 Å². The monoisotopic (exact) mass is 560 g/mol. The molecule has 1 spiro atoms. The molecule has 2 aromatic carbocycles. The fraction of sp³-hybridized carbons (Fsp3) is 0.500. The number of ether oxygens (including phenoxy) is 1. The second-order valence-electron chi connectivity index (χ2n) is 11.7. The van der Waals surface area contributed by atoms with Crippen LogP contribution in [0.5, 0.6) is 0 Å². The van der Waals surface area contributed by atoms with Gasteiger partial charge in [-0.15, -0.1) is 5.10 Å². The van der Waals surface area contributed by atoms with Gasteiger partial charge in [-0.3, -0.25) is 14.4 Å². The molecule has 41 heavy (non-hydrogen) atoms. The van der Waals surface area contributed by atoms with Crippen molar-refractivity contribution >= 4 is 34.4 Å². The Balaban J connectivity index is 1.35. The number of fused-ring (bicyclic) bond motifs is 2. The highest BCUT2D eigenvalue weighted by atomic mass is 16.5. The van der Waals surface area contributed by atoms with Gasteiger partial charge < -0.3 is 25.4 Å². The van der Waals surface area contributed by atoms with Gasteiger partial charge in [0.1, 0.15) is 23.8 Å². The number of benzene rings is 2. The third-order valence-electron chi connectivity index (χ3n) is 9.46. The first-order chi connectivity index (χ1) is 19.7. The Hall–Kier alpha value is -3.83. The van der Waals surface area contributed by atoms with E-state index in [9.17, 15) is 19.5 Å². The Morgan fingerprint density at radius 3 is 2.59 bits per heavy atom. The first kappa shape index (κ1) is 27.3. The van der Waals surface area contributed by atoms with Gasteiger partial charge in [-0.25, -0.2) is 4.68 Å². The van der Waals surface area contributed by atoms with Gasteiger partial charge >= 0.3 is 0 Å². The van der Waals surface area contributed by atoms with E-state index >= 15 is 0 Å². The highest BCUT2D eigenvalue weighted by Gasteiger charge is 2.78. The standard InChI is InChI=1S/C30H36N6O5/c1-4-18(2)22(16-37)36-25(27(39)31-17-35-21-13-9-8-12-20(21)33-34-35)30-15-14-29(3,41-30)23(24(30)28(36)40)26(38)32-19-10-6-5-7-11-19/h5-13,18,22-25,37H,4,14-17H2,1-3H3,(H,31,39)(H,32,38)/t18-,22-,23+,24-,25?,29-,30?/m0/s1. The number of aliphatic hydroxyl groups is 1. The Bertz CT molecular complexity index is 1480. The number of nitrogens with zero attached hydrogens (tertiary/aromatic N) is 4. The van der Waals surface area contributed by atoms with Crippen LogP contribution in [-0.2, 0) is 25.8 Å². The maximum absolute atomic E-state index is 14.4. The van der Waals surface area contributed by atoms with E-state index in [1.807, 2.05) is 63.2 Å². The number of para-hydroxylation sites is 2. The fourth-order valence-corrected chi connectivity index (χ4v) is 7.26. The lowest BCUT2D eigenvalue weighted by Crippen LogP contribution is -2.59. The Morgan fingerprint density at radius 1 is 1.12 bits per heavy atom. The summed E-state index contributed by atoms with van der Waals surface area (Å²) in [5.74, 6) is -2.77. The summed E-state index contributed by atoms with van der Waals surface area (Å²) >= 11 is 0. The van der Waals surface area contributed by atoms with Crippen LogP contribution in [0.25, 0.3) is 11.0 Å². The maximum Gasteiger partial charge on any atom is 0.247 e. The van der Waals surface area contributed by atoms with Gasteiger partial charge in [-0.2, -0.15) is 0 Å². The summed E-state index contributed by atoms with van der Waals surface area (Å²) in [6.45, 7) is 5.54. The minimum absolute atomic E-state index is 0.0426. The van der Waals surface area contributed by atoms with Crippen molar-refractivity contribution in [1.82, 2.24) is 25.2 Å². The van der Waals surface area contributed by atoms with Crippen LogP contribution in [0.3, 0.4) is 0 Å². The zero-order chi connectivity index (χ0) is 28.9. The fourth-order valence-electron chi connectivity index (χ4n) is 7.26. The third kappa shape index (κ3) is 4.21. The SMILES string of the molecule is CC[C@H](C)[C@H](CO)N1C(=O)[C@@H]2[C@H](C(=O)Nc3ccccc3)[C@]3(C)CCC2(O3)C1C(=O)NCn1nnc2ccccc21. The maximum atomic E-state index is 14.4. The van der Waals surface area contributed by atoms with Crippen molar-refractivity contribution in [1.29, 1.82) is 0 Å². The van der Waals surface area contributed by atoms with E-state index in [1.165, 1.54) is 4.90 Å². The average molecular weight is 561 g/mol. The smallest absolute Gasteiger partial charge is 0.247 e. The average Bonchev–Trinajstić information content (AvgIpc) is 3.68. The molecule has 6 rings (SSSR count). The van der Waals surface area contributed by atoms with Crippen LogP contribution in [0.1, 0.15) is 40.0 Å². The lowest BCUT2D eigenvalue weighted by molar-refractivity contribution is -0.150.